The smallest absolute Gasteiger partial charge is 0.295 e. The quantitative estimate of drug-likeness (QED) is 0.653. The van der Waals surface area contributed by atoms with Crippen LogP contribution in [0.25, 0.3) is 0 Å². The average Bonchev–Trinajstić information content (AvgIpc) is 2.11. The van der Waals surface area contributed by atoms with Crippen LogP contribution in [0.2, 0.25) is 0 Å². The van der Waals surface area contributed by atoms with Crippen LogP contribution in [0.5, 0.6) is 0 Å². The second kappa shape index (κ2) is 7.44. The van der Waals surface area contributed by atoms with E-state index in [1.165, 1.54) is 0 Å². The predicted octanol–water partition coefficient (Wildman–Crippen LogP) is 1.74. The zero-order chi connectivity index (χ0) is 10.1. The minimum atomic E-state index is 0.250. The van der Waals surface area contributed by atoms with Gasteiger partial charge in [0.05, 0.1) is 0 Å². The first-order valence-electron chi connectivity index (χ1n) is 4.45. The highest BCUT2D eigenvalue weighted by Crippen LogP contribution is 2.19. The highest BCUT2D eigenvalue weighted by Gasteiger charge is 2.16. The molecule has 1 aliphatic carbocycles. The van der Waals surface area contributed by atoms with Crippen molar-refractivity contribution in [3.05, 3.63) is 12.2 Å². The van der Waals surface area contributed by atoms with E-state index in [-0.39, 0.29) is 6.15 Å². The van der Waals surface area contributed by atoms with E-state index in [0.717, 1.165) is 25.7 Å². The van der Waals surface area contributed by atoms with E-state index in [2.05, 4.69) is 6.92 Å². The zero-order valence-corrected chi connectivity index (χ0v) is 7.79. The molecule has 0 bridgehead atoms. The van der Waals surface area contributed by atoms with E-state index < -0.39 is 0 Å². The van der Waals surface area contributed by atoms with Crippen LogP contribution in [-0.2, 0) is 14.4 Å². The molecule has 0 aliphatic heterocycles. The monoisotopic (exact) mass is 182 g/mol. The van der Waals surface area contributed by atoms with Crippen molar-refractivity contribution < 1.29 is 14.4 Å². The van der Waals surface area contributed by atoms with E-state index >= 15 is 0 Å². The molecule has 0 spiro atoms. The van der Waals surface area contributed by atoms with Crippen molar-refractivity contribution in [2.75, 3.05) is 0 Å². The van der Waals surface area contributed by atoms with Gasteiger partial charge in [0.1, 0.15) is 0 Å². The number of carbonyl (C=O) groups excluding carboxylic acids is 3. The number of hydrogen-bond donors (Lipinski definition) is 0. The van der Waals surface area contributed by atoms with Crippen LogP contribution < -0.4 is 0 Å². The van der Waals surface area contributed by atoms with Crippen LogP contribution in [0.3, 0.4) is 0 Å². The fourth-order valence-corrected chi connectivity index (χ4v) is 1.41. The van der Waals surface area contributed by atoms with Crippen LogP contribution in [0.4, 0.5) is 0 Å². The molecule has 1 unspecified atom stereocenters. The first-order chi connectivity index (χ1) is 6.26. The van der Waals surface area contributed by atoms with Crippen molar-refractivity contribution in [2.45, 2.75) is 32.6 Å². The molecular formula is C10H14O3. The molecule has 0 aromatic rings. The number of allylic oxidation sites excluding steroid dienone is 2. The second-order valence-electron chi connectivity index (χ2n) is 2.95. The number of hydrogen-bond acceptors (Lipinski definition) is 3. The van der Waals surface area contributed by atoms with Crippen molar-refractivity contribution in [1.29, 1.82) is 0 Å². The zero-order valence-electron chi connectivity index (χ0n) is 7.79. The Morgan fingerprint density at radius 1 is 1.54 bits per heavy atom. The minimum Gasteiger partial charge on any atom is -0.295 e. The lowest BCUT2D eigenvalue weighted by Gasteiger charge is -2.14. The maximum atomic E-state index is 11.1. The van der Waals surface area contributed by atoms with E-state index in [0.29, 0.717) is 11.7 Å². The van der Waals surface area contributed by atoms with Crippen LogP contribution in [0.1, 0.15) is 32.6 Å². The van der Waals surface area contributed by atoms with Crippen LogP contribution in [0, 0.1) is 5.92 Å². The summed E-state index contributed by atoms with van der Waals surface area (Å²) in [5.74, 6) is 0.683. The molecule has 1 rings (SSSR count). The Bertz CT molecular complexity index is 212. The molecule has 1 aliphatic rings. The van der Waals surface area contributed by atoms with Gasteiger partial charge in [-0.3, -0.25) is 4.79 Å². The van der Waals surface area contributed by atoms with Crippen LogP contribution in [-0.4, -0.2) is 11.9 Å². The predicted molar refractivity (Wildman–Crippen MR) is 46.8 cm³/mol. The van der Waals surface area contributed by atoms with Gasteiger partial charge in [0.15, 0.2) is 5.78 Å². The normalized spacial score (nSPS) is 20.1. The lowest BCUT2D eigenvalue weighted by molar-refractivity contribution is -0.191. The molecule has 0 saturated heterocycles. The highest BCUT2D eigenvalue weighted by molar-refractivity contribution is 5.92. The fraction of sp³-hybridized carbons (Fsp3) is 0.600. The van der Waals surface area contributed by atoms with Crippen molar-refractivity contribution in [1.82, 2.24) is 0 Å². The maximum Gasteiger partial charge on any atom is 0.373 e. The SMILES string of the molecule is CCCC1CCC=CC1=O.O=C=O. The first-order valence-corrected chi connectivity index (χ1v) is 4.45. The van der Waals surface area contributed by atoms with E-state index in [1.54, 1.807) is 6.08 Å². The fourth-order valence-electron chi connectivity index (χ4n) is 1.41. The van der Waals surface area contributed by atoms with Gasteiger partial charge in [0.2, 0.25) is 0 Å². The second-order valence-corrected chi connectivity index (χ2v) is 2.95. The van der Waals surface area contributed by atoms with E-state index in [9.17, 15) is 4.79 Å². The van der Waals surface area contributed by atoms with Gasteiger partial charge >= 0.3 is 6.15 Å². The Kier molecular flexibility index (Phi) is 6.75. The molecule has 0 aromatic carbocycles. The van der Waals surface area contributed by atoms with E-state index in [1.807, 2.05) is 6.08 Å². The number of carbonyl (C=O) groups is 1. The highest BCUT2D eigenvalue weighted by atomic mass is 16.2. The summed E-state index contributed by atoms with van der Waals surface area (Å²) in [6.07, 6.45) is 8.34. The molecular weight excluding hydrogens is 168 g/mol. The van der Waals surface area contributed by atoms with Gasteiger partial charge < -0.3 is 0 Å². The van der Waals surface area contributed by atoms with E-state index in [4.69, 9.17) is 9.59 Å². The van der Waals surface area contributed by atoms with Gasteiger partial charge in [-0.05, 0) is 25.3 Å². The topological polar surface area (TPSA) is 51.2 Å². The van der Waals surface area contributed by atoms with Gasteiger partial charge in [-0.25, -0.2) is 0 Å². The van der Waals surface area contributed by atoms with Gasteiger partial charge in [-0.1, -0.05) is 19.4 Å². The van der Waals surface area contributed by atoms with Crippen molar-refractivity contribution in [2.24, 2.45) is 5.92 Å². The molecule has 3 nitrogen and oxygen atoms in total. The first kappa shape index (κ1) is 11.8. The van der Waals surface area contributed by atoms with Gasteiger partial charge in [-0.15, -0.1) is 0 Å². The average molecular weight is 182 g/mol. The molecule has 0 amide bonds. The minimum absolute atomic E-state index is 0.250. The molecule has 0 fully saturated rings. The summed E-state index contributed by atoms with van der Waals surface area (Å²) >= 11 is 0. The Morgan fingerprint density at radius 3 is 2.62 bits per heavy atom. The summed E-state index contributed by atoms with van der Waals surface area (Å²) in [5.41, 5.74) is 0. The molecule has 3 heteroatoms. The van der Waals surface area contributed by atoms with Crippen LogP contribution >= 0.6 is 0 Å². The third-order valence-electron chi connectivity index (χ3n) is 2.00. The van der Waals surface area contributed by atoms with Gasteiger partial charge in [-0.2, -0.15) is 9.59 Å². The molecule has 0 saturated carbocycles. The molecule has 13 heavy (non-hydrogen) atoms. The third kappa shape index (κ3) is 5.10. The number of ketones is 1. The largest absolute Gasteiger partial charge is 0.373 e. The summed E-state index contributed by atoms with van der Waals surface area (Å²) in [6.45, 7) is 2.13. The Morgan fingerprint density at radius 2 is 2.15 bits per heavy atom. The van der Waals surface area contributed by atoms with Crippen LogP contribution in [0.15, 0.2) is 12.2 Å². The lowest BCUT2D eigenvalue weighted by Crippen LogP contribution is -2.14. The lowest BCUT2D eigenvalue weighted by atomic mass is 9.89. The summed E-state index contributed by atoms with van der Waals surface area (Å²) in [4.78, 5) is 27.3. The molecule has 0 N–H and O–H groups in total. The van der Waals surface area contributed by atoms with Crippen molar-refractivity contribution in [3.63, 3.8) is 0 Å². The number of rotatable bonds is 2. The standard InChI is InChI=1S/C9H14O.CO2/c1-2-5-8-6-3-4-7-9(8)10;2-1-3/h4,7-8H,2-3,5-6H2,1H3;. The van der Waals surface area contributed by atoms with Crippen molar-refractivity contribution >= 4 is 11.9 Å². The molecule has 0 heterocycles. The summed E-state index contributed by atoms with van der Waals surface area (Å²) in [7, 11) is 0. The Balaban J connectivity index is 0.000000424. The Hall–Kier alpha value is -1.21. The summed E-state index contributed by atoms with van der Waals surface area (Å²) in [5, 5.41) is 0. The van der Waals surface area contributed by atoms with Gasteiger partial charge in [0.25, 0.3) is 0 Å². The summed E-state index contributed by atoms with van der Waals surface area (Å²) < 4.78 is 0. The Labute approximate surface area is 77.8 Å². The molecule has 0 aromatic heterocycles. The molecule has 72 valence electrons. The maximum absolute atomic E-state index is 11.1. The van der Waals surface area contributed by atoms with Crippen molar-refractivity contribution in [3.8, 4) is 0 Å². The summed E-state index contributed by atoms with van der Waals surface area (Å²) in [6, 6.07) is 0. The van der Waals surface area contributed by atoms with Gasteiger partial charge in [0, 0.05) is 5.92 Å². The third-order valence-corrected chi connectivity index (χ3v) is 2.00. The molecule has 1 atom stereocenters. The molecule has 0 radical (unpaired) electrons.